The molecule has 3 heteroatoms. The standard InChI is InChI=1S/C12H21NOS/c1-5-11(8-15-4)13-10(3)12-7-6-9(2)14-12/h6-7,10-11,13H,5,8H2,1-4H3. The fourth-order valence-electron chi connectivity index (χ4n) is 1.61. The third kappa shape index (κ3) is 3.92. The molecule has 2 atom stereocenters. The van der Waals surface area contributed by atoms with Crippen molar-refractivity contribution in [3.05, 3.63) is 23.7 Å². The molecule has 1 aromatic heterocycles. The minimum Gasteiger partial charge on any atom is -0.465 e. The van der Waals surface area contributed by atoms with E-state index in [4.69, 9.17) is 4.42 Å². The van der Waals surface area contributed by atoms with Crippen LogP contribution in [0.3, 0.4) is 0 Å². The number of furan rings is 1. The average Bonchev–Trinajstić information content (AvgIpc) is 2.64. The van der Waals surface area contributed by atoms with Crippen LogP contribution in [0.15, 0.2) is 16.5 Å². The van der Waals surface area contributed by atoms with Crippen molar-refractivity contribution in [3.63, 3.8) is 0 Å². The normalized spacial score (nSPS) is 15.2. The van der Waals surface area contributed by atoms with Gasteiger partial charge in [-0.05, 0) is 38.7 Å². The maximum Gasteiger partial charge on any atom is 0.120 e. The van der Waals surface area contributed by atoms with E-state index in [1.54, 1.807) is 0 Å². The highest BCUT2D eigenvalue weighted by Gasteiger charge is 2.13. The highest BCUT2D eigenvalue weighted by molar-refractivity contribution is 7.98. The molecular formula is C12H21NOS. The molecule has 2 unspecified atom stereocenters. The fraction of sp³-hybridized carbons (Fsp3) is 0.667. The van der Waals surface area contributed by atoms with E-state index in [-0.39, 0.29) is 0 Å². The largest absolute Gasteiger partial charge is 0.465 e. The zero-order chi connectivity index (χ0) is 11.3. The van der Waals surface area contributed by atoms with Crippen LogP contribution in [0.1, 0.15) is 37.8 Å². The van der Waals surface area contributed by atoms with Crippen LogP contribution in [0.5, 0.6) is 0 Å². The Kier molecular flexibility index (Phi) is 5.26. The summed E-state index contributed by atoms with van der Waals surface area (Å²) < 4.78 is 5.60. The van der Waals surface area contributed by atoms with Gasteiger partial charge >= 0.3 is 0 Å². The van der Waals surface area contributed by atoms with E-state index in [1.807, 2.05) is 24.8 Å². The lowest BCUT2D eigenvalue weighted by Gasteiger charge is -2.20. The quantitative estimate of drug-likeness (QED) is 0.806. The summed E-state index contributed by atoms with van der Waals surface area (Å²) in [5, 5.41) is 3.58. The van der Waals surface area contributed by atoms with Crippen LogP contribution in [0, 0.1) is 6.92 Å². The van der Waals surface area contributed by atoms with Crippen molar-refractivity contribution in [2.45, 2.75) is 39.3 Å². The Morgan fingerprint density at radius 3 is 2.67 bits per heavy atom. The third-order valence-corrected chi connectivity index (χ3v) is 3.27. The van der Waals surface area contributed by atoms with Gasteiger partial charge in [-0.25, -0.2) is 0 Å². The highest BCUT2D eigenvalue weighted by atomic mass is 32.2. The Hall–Kier alpha value is -0.410. The van der Waals surface area contributed by atoms with Gasteiger partial charge in [0.15, 0.2) is 0 Å². The summed E-state index contributed by atoms with van der Waals surface area (Å²) in [4.78, 5) is 0. The van der Waals surface area contributed by atoms with E-state index in [9.17, 15) is 0 Å². The minimum atomic E-state index is 0.302. The van der Waals surface area contributed by atoms with E-state index in [1.165, 1.54) is 0 Å². The van der Waals surface area contributed by atoms with Gasteiger partial charge in [0, 0.05) is 11.8 Å². The molecule has 0 saturated carbocycles. The molecule has 2 nitrogen and oxygen atoms in total. The Labute approximate surface area is 96.8 Å². The molecule has 0 fully saturated rings. The van der Waals surface area contributed by atoms with E-state index in [0.29, 0.717) is 12.1 Å². The predicted molar refractivity (Wildman–Crippen MR) is 67.5 cm³/mol. The Bertz CT molecular complexity index is 285. The van der Waals surface area contributed by atoms with E-state index >= 15 is 0 Å². The Morgan fingerprint density at radius 1 is 1.47 bits per heavy atom. The molecule has 1 heterocycles. The second kappa shape index (κ2) is 6.23. The molecule has 0 aliphatic carbocycles. The first kappa shape index (κ1) is 12.7. The molecule has 0 aliphatic rings. The van der Waals surface area contributed by atoms with Gasteiger partial charge < -0.3 is 9.73 Å². The molecule has 15 heavy (non-hydrogen) atoms. The summed E-state index contributed by atoms with van der Waals surface area (Å²) in [7, 11) is 0. The van der Waals surface area contributed by atoms with Crippen molar-refractivity contribution < 1.29 is 4.42 Å². The zero-order valence-electron chi connectivity index (χ0n) is 10.0. The van der Waals surface area contributed by atoms with E-state index < -0.39 is 0 Å². The number of thioether (sulfide) groups is 1. The van der Waals surface area contributed by atoms with Crippen LogP contribution < -0.4 is 5.32 Å². The first-order valence-corrected chi connectivity index (χ1v) is 6.88. The smallest absolute Gasteiger partial charge is 0.120 e. The summed E-state index contributed by atoms with van der Waals surface area (Å²) >= 11 is 1.88. The zero-order valence-corrected chi connectivity index (χ0v) is 10.9. The summed E-state index contributed by atoms with van der Waals surface area (Å²) in [5.41, 5.74) is 0. The molecule has 1 N–H and O–H groups in total. The second-order valence-corrected chi connectivity index (χ2v) is 4.81. The summed E-state index contributed by atoms with van der Waals surface area (Å²) in [6.07, 6.45) is 3.30. The van der Waals surface area contributed by atoms with Gasteiger partial charge in [-0.3, -0.25) is 0 Å². The van der Waals surface area contributed by atoms with Gasteiger partial charge in [0.1, 0.15) is 11.5 Å². The summed E-state index contributed by atoms with van der Waals surface area (Å²) in [6, 6.07) is 4.94. The van der Waals surface area contributed by atoms with Gasteiger partial charge in [-0.15, -0.1) is 0 Å². The van der Waals surface area contributed by atoms with Gasteiger partial charge in [0.2, 0.25) is 0 Å². The first-order chi connectivity index (χ1) is 7.17. The molecule has 0 spiro atoms. The molecule has 1 rings (SSSR count). The monoisotopic (exact) mass is 227 g/mol. The number of rotatable bonds is 6. The topological polar surface area (TPSA) is 25.2 Å². The predicted octanol–water partition coefficient (Wildman–Crippen LogP) is 3.38. The van der Waals surface area contributed by atoms with Crippen molar-refractivity contribution in [2.24, 2.45) is 0 Å². The number of hydrogen-bond donors (Lipinski definition) is 1. The van der Waals surface area contributed by atoms with Crippen LogP contribution >= 0.6 is 11.8 Å². The minimum absolute atomic E-state index is 0.302. The van der Waals surface area contributed by atoms with Gasteiger partial charge in [0.25, 0.3) is 0 Å². The first-order valence-electron chi connectivity index (χ1n) is 5.48. The molecule has 0 saturated heterocycles. The van der Waals surface area contributed by atoms with Crippen molar-refractivity contribution in [1.82, 2.24) is 5.32 Å². The average molecular weight is 227 g/mol. The Balaban J connectivity index is 2.50. The van der Waals surface area contributed by atoms with Crippen molar-refractivity contribution in [2.75, 3.05) is 12.0 Å². The van der Waals surface area contributed by atoms with Crippen molar-refractivity contribution >= 4 is 11.8 Å². The summed E-state index contributed by atoms with van der Waals surface area (Å²) in [5.74, 6) is 3.17. The maximum absolute atomic E-state index is 5.60. The van der Waals surface area contributed by atoms with Crippen molar-refractivity contribution in [3.8, 4) is 0 Å². The lowest BCUT2D eigenvalue weighted by Crippen LogP contribution is -2.32. The second-order valence-electron chi connectivity index (χ2n) is 3.90. The van der Waals surface area contributed by atoms with Gasteiger partial charge in [-0.1, -0.05) is 6.92 Å². The molecular weight excluding hydrogens is 206 g/mol. The third-order valence-electron chi connectivity index (χ3n) is 2.53. The van der Waals surface area contributed by atoms with Gasteiger partial charge in [-0.2, -0.15) is 11.8 Å². The number of hydrogen-bond acceptors (Lipinski definition) is 3. The molecule has 0 bridgehead atoms. The molecule has 86 valence electrons. The van der Waals surface area contributed by atoms with Crippen LogP contribution in [-0.2, 0) is 0 Å². The highest BCUT2D eigenvalue weighted by Crippen LogP contribution is 2.17. The lowest BCUT2D eigenvalue weighted by molar-refractivity contribution is 0.387. The SMILES string of the molecule is CCC(CSC)NC(C)c1ccc(C)o1. The number of nitrogens with one attached hydrogen (secondary N) is 1. The van der Waals surface area contributed by atoms with Crippen LogP contribution in [0.4, 0.5) is 0 Å². The Morgan fingerprint density at radius 2 is 2.20 bits per heavy atom. The summed E-state index contributed by atoms with van der Waals surface area (Å²) in [6.45, 7) is 6.35. The van der Waals surface area contributed by atoms with E-state index in [0.717, 1.165) is 23.7 Å². The van der Waals surface area contributed by atoms with Crippen LogP contribution in [-0.4, -0.2) is 18.1 Å². The molecule has 1 aromatic rings. The lowest BCUT2D eigenvalue weighted by atomic mass is 10.2. The van der Waals surface area contributed by atoms with E-state index in [2.05, 4.69) is 31.5 Å². The van der Waals surface area contributed by atoms with Crippen LogP contribution in [0.25, 0.3) is 0 Å². The molecule has 0 amide bonds. The maximum atomic E-state index is 5.60. The molecule has 0 radical (unpaired) electrons. The molecule has 0 aromatic carbocycles. The number of aryl methyl sites for hydroxylation is 1. The fourth-order valence-corrected chi connectivity index (χ4v) is 2.34. The molecule has 0 aliphatic heterocycles. The van der Waals surface area contributed by atoms with Gasteiger partial charge in [0.05, 0.1) is 6.04 Å². The van der Waals surface area contributed by atoms with Crippen molar-refractivity contribution in [1.29, 1.82) is 0 Å². The van der Waals surface area contributed by atoms with Crippen LogP contribution in [0.2, 0.25) is 0 Å².